The molecule has 0 aliphatic carbocycles. The molecule has 1 aromatic heterocycles. The normalized spacial score (nSPS) is 15.0. The smallest absolute Gasteiger partial charge is 0.0486 e. The Kier molecular flexibility index (Phi) is 8.50. The number of aromatic nitrogens is 1. The topological polar surface area (TPSA) is 63.5 Å². The van der Waals surface area contributed by atoms with E-state index in [-0.39, 0.29) is 0 Å². The third kappa shape index (κ3) is 5.88. The fourth-order valence-electron chi connectivity index (χ4n) is 5.34. The van der Waals surface area contributed by atoms with E-state index in [1.54, 1.807) is 0 Å². The lowest BCUT2D eigenvalue weighted by atomic mass is 9.98. The van der Waals surface area contributed by atoms with Crippen molar-refractivity contribution in [3.63, 3.8) is 0 Å². The number of piperazine rings is 1. The van der Waals surface area contributed by atoms with Crippen molar-refractivity contribution in [1.82, 2.24) is 14.4 Å². The Balaban J connectivity index is 1.34. The number of hydrogen-bond acceptors (Lipinski definition) is 4. The molecule has 2 heterocycles. The lowest BCUT2D eigenvalue weighted by Gasteiger charge is -2.35. The molecule has 0 radical (unpaired) electrons. The van der Waals surface area contributed by atoms with Crippen LogP contribution >= 0.6 is 23.2 Å². The minimum atomic E-state index is 0.523. The Morgan fingerprint density at radius 1 is 0.757 bits per heavy atom. The van der Waals surface area contributed by atoms with Gasteiger partial charge < -0.3 is 16.0 Å². The van der Waals surface area contributed by atoms with Crippen LogP contribution in [0.4, 0.5) is 0 Å². The van der Waals surface area contributed by atoms with Gasteiger partial charge in [0.05, 0.1) is 0 Å². The van der Waals surface area contributed by atoms with Crippen molar-refractivity contribution in [3.8, 4) is 11.1 Å². The van der Waals surface area contributed by atoms with Crippen molar-refractivity contribution in [2.75, 3.05) is 32.7 Å². The molecule has 4 N–H and O–H groups in total. The highest BCUT2D eigenvalue weighted by Crippen LogP contribution is 2.34. The standard InChI is InChI=1S/C30H35Cl2N5/c31-28-7-3-8-29(32)27(28)20-36-15-13-35(14-16-36)19-22-9-10-30-25(17-22)26(21-37(30)12-4-11-33)24-6-2-1-5-23(24)18-34/h1-3,5-10,17,21H,4,11-16,18-20,33-34H2. The first-order valence-electron chi connectivity index (χ1n) is 13.0. The third-order valence-electron chi connectivity index (χ3n) is 7.39. The summed E-state index contributed by atoms with van der Waals surface area (Å²) >= 11 is 12.8. The molecule has 5 rings (SSSR count). The number of fused-ring (bicyclic) bond motifs is 1. The molecule has 0 unspecified atom stereocenters. The highest BCUT2D eigenvalue weighted by Gasteiger charge is 2.20. The summed E-state index contributed by atoms with van der Waals surface area (Å²) in [7, 11) is 0. The molecule has 0 amide bonds. The fraction of sp³-hybridized carbons (Fsp3) is 0.333. The van der Waals surface area contributed by atoms with Crippen LogP contribution < -0.4 is 11.5 Å². The monoisotopic (exact) mass is 535 g/mol. The van der Waals surface area contributed by atoms with Crippen LogP contribution in [0, 0.1) is 0 Å². The molecule has 1 saturated heterocycles. The predicted octanol–water partition coefficient (Wildman–Crippen LogP) is 5.74. The van der Waals surface area contributed by atoms with Gasteiger partial charge in [0, 0.05) is 90.6 Å². The average molecular weight is 537 g/mol. The molecule has 1 aliphatic heterocycles. The van der Waals surface area contributed by atoms with E-state index in [9.17, 15) is 0 Å². The minimum absolute atomic E-state index is 0.523. The van der Waals surface area contributed by atoms with Crippen molar-refractivity contribution in [2.24, 2.45) is 11.5 Å². The van der Waals surface area contributed by atoms with Crippen LogP contribution in [0.3, 0.4) is 0 Å². The Bertz CT molecular complexity index is 1340. The lowest BCUT2D eigenvalue weighted by Crippen LogP contribution is -2.45. The molecule has 194 valence electrons. The van der Waals surface area contributed by atoms with Gasteiger partial charge in [-0.1, -0.05) is 59.6 Å². The highest BCUT2D eigenvalue weighted by molar-refractivity contribution is 6.35. The van der Waals surface area contributed by atoms with Crippen molar-refractivity contribution in [1.29, 1.82) is 0 Å². The Labute approximate surface area is 229 Å². The summed E-state index contributed by atoms with van der Waals surface area (Å²) < 4.78 is 2.34. The third-order valence-corrected chi connectivity index (χ3v) is 8.10. The quantitative estimate of drug-likeness (QED) is 0.286. The van der Waals surface area contributed by atoms with E-state index in [4.69, 9.17) is 34.7 Å². The molecule has 4 aromatic rings. The van der Waals surface area contributed by atoms with Gasteiger partial charge >= 0.3 is 0 Å². The van der Waals surface area contributed by atoms with Gasteiger partial charge in [0.1, 0.15) is 0 Å². The zero-order chi connectivity index (χ0) is 25.8. The molecule has 5 nitrogen and oxygen atoms in total. The first-order chi connectivity index (χ1) is 18.1. The van der Waals surface area contributed by atoms with E-state index in [0.717, 1.165) is 67.8 Å². The number of hydrogen-bond donors (Lipinski definition) is 2. The first kappa shape index (κ1) is 26.2. The molecule has 0 saturated carbocycles. The van der Waals surface area contributed by atoms with Gasteiger partial charge in [0.2, 0.25) is 0 Å². The summed E-state index contributed by atoms with van der Waals surface area (Å²) in [6.07, 6.45) is 3.23. The van der Waals surface area contributed by atoms with Crippen LogP contribution in [0.25, 0.3) is 22.0 Å². The van der Waals surface area contributed by atoms with E-state index < -0.39 is 0 Å². The van der Waals surface area contributed by atoms with Crippen LogP contribution in [0.1, 0.15) is 23.1 Å². The summed E-state index contributed by atoms with van der Waals surface area (Å²) in [6, 6.07) is 21.1. The highest BCUT2D eigenvalue weighted by atomic mass is 35.5. The van der Waals surface area contributed by atoms with Crippen LogP contribution in [-0.4, -0.2) is 47.1 Å². The summed E-state index contributed by atoms with van der Waals surface area (Å²) in [4.78, 5) is 4.97. The number of benzene rings is 3. The van der Waals surface area contributed by atoms with Gasteiger partial charge in [-0.3, -0.25) is 9.80 Å². The summed E-state index contributed by atoms with van der Waals surface area (Å²) in [6.45, 7) is 7.86. The minimum Gasteiger partial charge on any atom is -0.347 e. The number of aryl methyl sites for hydroxylation is 1. The van der Waals surface area contributed by atoms with Crippen molar-refractivity contribution in [2.45, 2.75) is 32.6 Å². The van der Waals surface area contributed by atoms with Gasteiger partial charge in [0.25, 0.3) is 0 Å². The van der Waals surface area contributed by atoms with Crippen LogP contribution in [0.15, 0.2) is 66.9 Å². The SMILES string of the molecule is NCCCn1cc(-c2ccccc2CN)c2cc(CN3CCN(Cc4c(Cl)cccc4Cl)CC3)ccc21. The fourth-order valence-corrected chi connectivity index (χ4v) is 5.85. The molecule has 0 spiro atoms. The van der Waals surface area contributed by atoms with Crippen molar-refractivity contribution < 1.29 is 0 Å². The van der Waals surface area contributed by atoms with Crippen molar-refractivity contribution >= 4 is 34.1 Å². The average Bonchev–Trinajstić information content (AvgIpc) is 3.28. The molecule has 0 atom stereocenters. The zero-order valence-electron chi connectivity index (χ0n) is 21.2. The second-order valence-electron chi connectivity index (χ2n) is 9.84. The van der Waals surface area contributed by atoms with Crippen LogP contribution in [-0.2, 0) is 26.2 Å². The maximum Gasteiger partial charge on any atom is 0.0486 e. The van der Waals surface area contributed by atoms with Crippen LogP contribution in [0.5, 0.6) is 0 Å². The molecule has 0 bridgehead atoms. The Morgan fingerprint density at radius 3 is 2.16 bits per heavy atom. The maximum atomic E-state index is 6.40. The van der Waals surface area contributed by atoms with Crippen LogP contribution in [0.2, 0.25) is 10.0 Å². The Hall–Kier alpha value is -2.38. The molecule has 1 fully saturated rings. The molecule has 1 aliphatic rings. The molecular weight excluding hydrogens is 501 g/mol. The number of nitrogens with two attached hydrogens (primary N) is 2. The van der Waals surface area contributed by atoms with Gasteiger partial charge in [0.15, 0.2) is 0 Å². The van der Waals surface area contributed by atoms with Crippen molar-refractivity contribution in [3.05, 3.63) is 93.6 Å². The van der Waals surface area contributed by atoms with Gasteiger partial charge in [-0.2, -0.15) is 0 Å². The van der Waals surface area contributed by atoms with Gasteiger partial charge in [-0.25, -0.2) is 0 Å². The second-order valence-corrected chi connectivity index (χ2v) is 10.7. The number of rotatable bonds is 9. The largest absolute Gasteiger partial charge is 0.347 e. The van der Waals surface area contributed by atoms with E-state index in [0.29, 0.717) is 13.1 Å². The molecule has 37 heavy (non-hydrogen) atoms. The first-order valence-corrected chi connectivity index (χ1v) is 13.8. The van der Waals surface area contributed by atoms with E-state index >= 15 is 0 Å². The predicted molar refractivity (Wildman–Crippen MR) is 156 cm³/mol. The maximum absolute atomic E-state index is 6.40. The number of nitrogens with zero attached hydrogens (tertiary/aromatic N) is 3. The van der Waals surface area contributed by atoms with Gasteiger partial charge in [-0.15, -0.1) is 0 Å². The van der Waals surface area contributed by atoms with E-state index in [2.05, 4.69) is 63.0 Å². The second kappa shape index (κ2) is 12.0. The molecular formula is C30H35Cl2N5. The molecule has 3 aromatic carbocycles. The summed E-state index contributed by atoms with van der Waals surface area (Å²) in [5.41, 5.74) is 19.2. The summed E-state index contributed by atoms with van der Waals surface area (Å²) in [5.74, 6) is 0. The number of halogens is 2. The zero-order valence-corrected chi connectivity index (χ0v) is 22.7. The van der Waals surface area contributed by atoms with Gasteiger partial charge in [-0.05, 0) is 53.9 Å². The lowest BCUT2D eigenvalue weighted by molar-refractivity contribution is 0.122. The van der Waals surface area contributed by atoms with E-state index in [1.165, 1.54) is 33.2 Å². The molecule has 7 heteroatoms. The van der Waals surface area contributed by atoms with E-state index in [1.807, 2.05) is 18.2 Å². The Morgan fingerprint density at radius 2 is 1.46 bits per heavy atom. The summed E-state index contributed by atoms with van der Waals surface area (Å²) in [5, 5.41) is 2.77.